The fourth-order valence-electron chi connectivity index (χ4n) is 3.11. The van der Waals surface area contributed by atoms with Crippen LogP contribution < -0.4 is 5.32 Å². The van der Waals surface area contributed by atoms with Crippen LogP contribution in [-0.4, -0.2) is 47.9 Å². The van der Waals surface area contributed by atoms with Crippen molar-refractivity contribution in [3.8, 4) is 22.9 Å². The summed E-state index contributed by atoms with van der Waals surface area (Å²) in [7, 11) is -4.82. The molecule has 3 aromatic carbocycles. The Kier molecular flexibility index (Phi) is 11.0. The maximum absolute atomic E-state index is 11.0. The molecule has 1 aromatic heterocycles. The molecule has 4 aromatic rings. The van der Waals surface area contributed by atoms with Gasteiger partial charge in [0, 0.05) is 21.2 Å². The minimum Gasteiger partial charge on any atom is -0.506 e. The van der Waals surface area contributed by atoms with E-state index in [9.17, 15) is 23.2 Å². The van der Waals surface area contributed by atoms with Crippen LogP contribution in [0.3, 0.4) is 0 Å². The molecule has 1 heterocycles. The standard InChI is InChI=1S/C21H13ClN6O11S4/c22-19-24-20(26-21(25-19)41-32)23-11-1-3-13-10(7-11)8-16(42-38-37-31)17(18(13)30)28-27-14-4-2-12(9-15(14)29)40-6-5-36-39-43(33,34)35/h1-4,7-9,29-32H,(H,33,34,35)(H,23,24,25,26). The van der Waals surface area contributed by atoms with Gasteiger partial charge in [-0.2, -0.15) is 23.4 Å². The van der Waals surface area contributed by atoms with Crippen LogP contribution in [0, 0.1) is 11.4 Å². The number of phenols is 2. The molecular weight excluding hydrogens is 676 g/mol. The lowest BCUT2D eigenvalue weighted by Gasteiger charge is -2.11. The summed E-state index contributed by atoms with van der Waals surface area (Å²) >= 11 is 7.47. The lowest BCUT2D eigenvalue weighted by molar-refractivity contribution is -0.432. The SMILES string of the molecule is O=S(=O)(O)OOC#CSc1ccc(N=Nc2c(SOOO)cc3cc(Nc4nc(Cl)nc(SO)n4)ccc3c2O)c(O)c1. The van der Waals surface area contributed by atoms with Crippen LogP contribution in [0.4, 0.5) is 23.0 Å². The van der Waals surface area contributed by atoms with Crippen LogP contribution in [0.5, 0.6) is 11.5 Å². The van der Waals surface area contributed by atoms with E-state index in [0.717, 1.165) is 11.8 Å². The Morgan fingerprint density at radius 1 is 1.05 bits per heavy atom. The summed E-state index contributed by atoms with van der Waals surface area (Å²) in [6, 6.07) is 10.5. The van der Waals surface area contributed by atoms with Gasteiger partial charge in [0.25, 0.3) is 0 Å². The average molecular weight is 689 g/mol. The number of phenolic OH excluding ortho intramolecular Hbond substituents is 2. The summed E-state index contributed by atoms with van der Waals surface area (Å²) in [5.41, 5.74) is 0.371. The van der Waals surface area contributed by atoms with Crippen molar-refractivity contribution in [3.63, 3.8) is 0 Å². The van der Waals surface area contributed by atoms with Crippen LogP contribution in [0.2, 0.25) is 5.28 Å². The van der Waals surface area contributed by atoms with Gasteiger partial charge in [0.2, 0.25) is 16.4 Å². The highest BCUT2D eigenvalue weighted by Gasteiger charge is 2.16. The number of thioether (sulfide) groups is 1. The zero-order valence-corrected chi connectivity index (χ0v) is 24.5. The summed E-state index contributed by atoms with van der Waals surface area (Å²) in [4.78, 5) is 16.2. The number of hydrogen-bond donors (Lipinski definition) is 6. The molecular formula is C21H13ClN6O11S4. The van der Waals surface area contributed by atoms with Gasteiger partial charge in [0.05, 0.1) is 29.0 Å². The number of azo groups is 1. The molecule has 0 bridgehead atoms. The van der Waals surface area contributed by atoms with Crippen molar-refractivity contribution >= 4 is 91.6 Å². The van der Waals surface area contributed by atoms with E-state index < -0.39 is 10.4 Å². The Morgan fingerprint density at radius 3 is 2.58 bits per heavy atom. The van der Waals surface area contributed by atoms with Crippen LogP contribution >= 0.6 is 47.4 Å². The molecule has 4 rings (SSSR count). The van der Waals surface area contributed by atoms with Crippen LogP contribution in [0.25, 0.3) is 10.8 Å². The van der Waals surface area contributed by atoms with E-state index >= 15 is 0 Å². The third-order valence-corrected chi connectivity index (χ3v) is 6.76. The minimum absolute atomic E-state index is 0.00555. The number of benzene rings is 3. The van der Waals surface area contributed by atoms with E-state index in [2.05, 4.69) is 54.3 Å². The number of aromatic nitrogens is 3. The first-order valence-electron chi connectivity index (χ1n) is 10.7. The van der Waals surface area contributed by atoms with E-state index in [4.69, 9.17) is 21.4 Å². The van der Waals surface area contributed by atoms with Crippen LogP contribution in [0.1, 0.15) is 0 Å². The van der Waals surface area contributed by atoms with E-state index in [1.807, 2.05) is 6.11 Å². The molecule has 0 spiro atoms. The predicted molar refractivity (Wildman–Crippen MR) is 153 cm³/mol. The monoisotopic (exact) mass is 688 g/mol. The molecule has 0 aliphatic rings. The number of rotatable bonds is 11. The van der Waals surface area contributed by atoms with E-state index in [1.54, 1.807) is 24.3 Å². The van der Waals surface area contributed by atoms with Crippen molar-refractivity contribution in [3.05, 3.63) is 47.7 Å². The third-order valence-electron chi connectivity index (χ3n) is 4.71. The van der Waals surface area contributed by atoms with Gasteiger partial charge in [-0.05, 0) is 75.5 Å². The van der Waals surface area contributed by atoms with Gasteiger partial charge >= 0.3 is 10.4 Å². The predicted octanol–water partition coefficient (Wildman–Crippen LogP) is 6.00. The Hall–Kier alpha value is -3.66. The van der Waals surface area contributed by atoms with Gasteiger partial charge in [0.15, 0.2) is 11.9 Å². The van der Waals surface area contributed by atoms with Crippen molar-refractivity contribution < 1.29 is 51.6 Å². The van der Waals surface area contributed by atoms with E-state index in [0.29, 0.717) is 45.4 Å². The molecule has 17 nitrogen and oxygen atoms in total. The molecule has 0 unspecified atom stereocenters. The van der Waals surface area contributed by atoms with E-state index in [1.165, 1.54) is 18.2 Å². The van der Waals surface area contributed by atoms with Crippen molar-refractivity contribution in [2.24, 2.45) is 10.2 Å². The summed E-state index contributed by atoms with van der Waals surface area (Å²) in [6.07, 6.45) is 1.87. The first-order valence-corrected chi connectivity index (χ1v) is 14.8. The largest absolute Gasteiger partial charge is 0.506 e. The number of hydrogen-bond acceptors (Lipinski definition) is 19. The second-order valence-corrected chi connectivity index (χ2v) is 10.9. The fourth-order valence-corrected chi connectivity index (χ4v) is 4.69. The molecule has 0 radical (unpaired) electrons. The summed E-state index contributed by atoms with van der Waals surface area (Å²) in [5, 5.41) is 47.6. The lowest BCUT2D eigenvalue weighted by Crippen LogP contribution is -2.01. The smallest absolute Gasteiger partial charge is 0.433 e. The second-order valence-electron chi connectivity index (χ2n) is 7.40. The quantitative estimate of drug-likeness (QED) is 0.0201. The van der Waals surface area contributed by atoms with Crippen LogP contribution in [-0.2, 0) is 29.0 Å². The summed E-state index contributed by atoms with van der Waals surface area (Å²) in [5.74, 6) is -0.604. The maximum Gasteiger partial charge on any atom is 0.433 e. The third kappa shape index (κ3) is 9.16. The first kappa shape index (κ1) is 32.3. The molecule has 43 heavy (non-hydrogen) atoms. The molecule has 0 amide bonds. The molecule has 22 heteroatoms. The lowest BCUT2D eigenvalue weighted by atomic mass is 10.1. The van der Waals surface area contributed by atoms with Crippen molar-refractivity contribution in [2.45, 2.75) is 14.9 Å². The molecule has 0 saturated heterocycles. The average Bonchev–Trinajstić information content (AvgIpc) is 2.95. The second kappa shape index (κ2) is 14.7. The highest BCUT2D eigenvalue weighted by molar-refractivity contribution is 8.04. The number of halogens is 1. The number of anilines is 2. The van der Waals surface area contributed by atoms with Gasteiger partial charge in [0.1, 0.15) is 17.1 Å². The van der Waals surface area contributed by atoms with Gasteiger partial charge in [-0.15, -0.1) is 14.6 Å². The first-order chi connectivity index (χ1) is 20.6. The molecule has 6 N–H and O–H groups in total. The molecule has 0 aliphatic carbocycles. The molecule has 0 saturated carbocycles. The zero-order chi connectivity index (χ0) is 31.0. The zero-order valence-electron chi connectivity index (χ0n) is 20.5. The Labute approximate surface area is 258 Å². The molecule has 224 valence electrons. The highest BCUT2D eigenvalue weighted by atomic mass is 35.5. The molecule has 0 fully saturated rings. The number of nitrogens with one attached hydrogen (secondary N) is 1. The Morgan fingerprint density at radius 2 is 1.86 bits per heavy atom. The van der Waals surface area contributed by atoms with Crippen molar-refractivity contribution in [2.75, 3.05) is 5.32 Å². The Balaban J connectivity index is 1.59. The van der Waals surface area contributed by atoms with E-state index in [-0.39, 0.29) is 44.2 Å². The number of fused-ring (bicyclic) bond motifs is 1. The normalized spacial score (nSPS) is 11.4. The van der Waals surface area contributed by atoms with Crippen LogP contribution in [0.15, 0.2) is 67.6 Å². The molecule has 0 aliphatic heterocycles. The maximum atomic E-state index is 11.0. The summed E-state index contributed by atoms with van der Waals surface area (Å²) in [6.45, 7) is 0. The van der Waals surface area contributed by atoms with Gasteiger partial charge in [-0.1, -0.05) is 5.04 Å². The van der Waals surface area contributed by atoms with Gasteiger partial charge < -0.3 is 20.1 Å². The van der Waals surface area contributed by atoms with Gasteiger partial charge in [-0.25, -0.2) is 5.26 Å². The van der Waals surface area contributed by atoms with Crippen molar-refractivity contribution in [1.29, 1.82) is 0 Å². The number of nitrogens with zero attached hydrogens (tertiary/aromatic N) is 5. The van der Waals surface area contributed by atoms with Gasteiger partial charge in [-0.3, -0.25) is 9.44 Å². The van der Waals surface area contributed by atoms with Crippen molar-refractivity contribution in [1.82, 2.24) is 15.0 Å². The summed E-state index contributed by atoms with van der Waals surface area (Å²) < 4.78 is 46.5. The highest BCUT2D eigenvalue weighted by Crippen LogP contribution is 2.45. The molecule has 0 atom stereocenters. The minimum atomic E-state index is -4.82. The Bertz CT molecular complexity index is 1860. The number of aromatic hydroxyl groups is 2. The fraction of sp³-hybridized carbons (Fsp3) is 0. The topological polar surface area (TPSA) is 248 Å².